The highest BCUT2D eigenvalue weighted by molar-refractivity contribution is 5.49. The summed E-state index contributed by atoms with van der Waals surface area (Å²) in [6.07, 6.45) is 4.25. The Morgan fingerprint density at radius 1 is 1.35 bits per heavy atom. The fourth-order valence-electron chi connectivity index (χ4n) is 2.61. The van der Waals surface area contributed by atoms with Gasteiger partial charge >= 0.3 is 0 Å². The van der Waals surface area contributed by atoms with Crippen molar-refractivity contribution in [1.82, 2.24) is 5.16 Å². The third-order valence-corrected chi connectivity index (χ3v) is 3.76. The van der Waals surface area contributed by atoms with Crippen LogP contribution in [0.4, 0.5) is 10.1 Å². The maximum absolute atomic E-state index is 13.2. The van der Waals surface area contributed by atoms with Crippen LogP contribution in [0, 0.1) is 5.82 Å². The van der Waals surface area contributed by atoms with Crippen molar-refractivity contribution in [3.63, 3.8) is 0 Å². The molecule has 3 rings (SSSR count). The first-order chi connectivity index (χ1) is 9.72. The zero-order chi connectivity index (χ0) is 13.9. The first kappa shape index (κ1) is 13.1. The average molecular weight is 275 g/mol. The molecule has 0 atom stereocenters. The second kappa shape index (κ2) is 5.63. The predicted molar refractivity (Wildman–Crippen MR) is 75.1 cm³/mol. The second-order valence-corrected chi connectivity index (χ2v) is 5.27. The summed E-state index contributed by atoms with van der Waals surface area (Å²) in [5, 5.41) is 3.89. The number of aromatic nitrogens is 1. The molecule has 0 spiro atoms. The van der Waals surface area contributed by atoms with Gasteiger partial charge in [-0.1, -0.05) is 17.3 Å². The van der Waals surface area contributed by atoms with Gasteiger partial charge < -0.3 is 15.2 Å². The molecule has 106 valence electrons. The molecule has 0 aliphatic carbocycles. The fraction of sp³-hybridized carbons (Fsp3) is 0.400. The number of piperidine rings is 1. The largest absolute Gasteiger partial charge is 0.367 e. The highest BCUT2D eigenvalue weighted by Crippen LogP contribution is 2.26. The molecular weight excluding hydrogens is 257 g/mol. The number of hydrogen-bond donors (Lipinski definition) is 1. The summed E-state index contributed by atoms with van der Waals surface area (Å²) in [6.45, 7) is 1.83. The van der Waals surface area contributed by atoms with Crippen LogP contribution < -0.4 is 10.6 Å². The molecule has 0 unspecified atom stereocenters. The molecule has 0 saturated carbocycles. The van der Waals surface area contributed by atoms with Crippen LogP contribution >= 0.6 is 0 Å². The van der Waals surface area contributed by atoms with E-state index in [9.17, 15) is 4.39 Å². The third-order valence-electron chi connectivity index (χ3n) is 3.76. The standard InChI is InChI=1S/C15H18FN3O/c16-12-3-1-2-11(8-12)9-15-14(10-18-20-15)19-6-4-13(17)5-7-19/h1-3,8,10,13H,4-7,9,17H2. The molecule has 0 amide bonds. The zero-order valence-corrected chi connectivity index (χ0v) is 11.3. The smallest absolute Gasteiger partial charge is 0.164 e. The minimum Gasteiger partial charge on any atom is -0.367 e. The lowest BCUT2D eigenvalue weighted by Crippen LogP contribution is -2.39. The Kier molecular flexibility index (Phi) is 3.69. The Morgan fingerprint density at radius 2 is 2.15 bits per heavy atom. The van der Waals surface area contributed by atoms with E-state index in [-0.39, 0.29) is 11.9 Å². The Labute approximate surface area is 117 Å². The molecule has 20 heavy (non-hydrogen) atoms. The van der Waals surface area contributed by atoms with Crippen molar-refractivity contribution >= 4 is 5.69 Å². The van der Waals surface area contributed by atoms with Crippen molar-refractivity contribution < 1.29 is 8.91 Å². The molecule has 2 heterocycles. The Hall–Kier alpha value is -1.88. The van der Waals surface area contributed by atoms with Crippen LogP contribution in [-0.4, -0.2) is 24.3 Å². The van der Waals surface area contributed by atoms with Gasteiger partial charge in [0.05, 0.1) is 6.20 Å². The van der Waals surface area contributed by atoms with E-state index < -0.39 is 0 Å². The molecule has 2 aromatic rings. The summed E-state index contributed by atoms with van der Waals surface area (Å²) in [5.41, 5.74) is 7.81. The van der Waals surface area contributed by atoms with Crippen molar-refractivity contribution in [1.29, 1.82) is 0 Å². The average Bonchev–Trinajstić information content (AvgIpc) is 2.88. The minimum absolute atomic E-state index is 0.229. The molecule has 0 bridgehead atoms. The van der Waals surface area contributed by atoms with Gasteiger partial charge in [0.1, 0.15) is 11.5 Å². The van der Waals surface area contributed by atoms with E-state index in [1.165, 1.54) is 12.1 Å². The fourth-order valence-corrected chi connectivity index (χ4v) is 2.61. The molecule has 1 aromatic heterocycles. The van der Waals surface area contributed by atoms with E-state index in [0.29, 0.717) is 6.42 Å². The third kappa shape index (κ3) is 2.82. The number of nitrogens with zero attached hydrogens (tertiary/aromatic N) is 2. The van der Waals surface area contributed by atoms with Crippen LogP contribution in [0.25, 0.3) is 0 Å². The lowest BCUT2D eigenvalue weighted by molar-refractivity contribution is 0.388. The van der Waals surface area contributed by atoms with Crippen LogP contribution in [0.5, 0.6) is 0 Å². The number of hydrogen-bond acceptors (Lipinski definition) is 4. The van der Waals surface area contributed by atoms with Crippen LogP contribution in [0.3, 0.4) is 0 Å². The summed E-state index contributed by atoms with van der Waals surface area (Å²) < 4.78 is 18.6. The highest BCUT2D eigenvalue weighted by Gasteiger charge is 2.21. The van der Waals surface area contributed by atoms with Gasteiger partial charge in [0.15, 0.2) is 5.76 Å². The molecule has 1 saturated heterocycles. The van der Waals surface area contributed by atoms with Gasteiger partial charge in [-0.15, -0.1) is 0 Å². The molecule has 5 heteroatoms. The molecule has 4 nitrogen and oxygen atoms in total. The monoisotopic (exact) mass is 275 g/mol. The van der Waals surface area contributed by atoms with Gasteiger partial charge in [-0.3, -0.25) is 0 Å². The number of halogens is 1. The molecule has 0 radical (unpaired) electrons. The van der Waals surface area contributed by atoms with E-state index in [2.05, 4.69) is 10.1 Å². The minimum atomic E-state index is -0.229. The summed E-state index contributed by atoms with van der Waals surface area (Å²) in [4.78, 5) is 2.24. The highest BCUT2D eigenvalue weighted by atomic mass is 19.1. The summed E-state index contributed by atoms with van der Waals surface area (Å²) in [7, 11) is 0. The topological polar surface area (TPSA) is 55.3 Å². The van der Waals surface area contributed by atoms with Crippen LogP contribution in [0.15, 0.2) is 35.0 Å². The van der Waals surface area contributed by atoms with E-state index >= 15 is 0 Å². The van der Waals surface area contributed by atoms with Gasteiger partial charge in [-0.05, 0) is 30.5 Å². The van der Waals surface area contributed by atoms with E-state index in [4.69, 9.17) is 10.3 Å². The second-order valence-electron chi connectivity index (χ2n) is 5.27. The molecule has 1 fully saturated rings. The zero-order valence-electron chi connectivity index (χ0n) is 11.3. The number of rotatable bonds is 3. The van der Waals surface area contributed by atoms with Crippen molar-refractivity contribution in [3.05, 3.63) is 47.6 Å². The van der Waals surface area contributed by atoms with Gasteiger partial charge in [-0.25, -0.2) is 4.39 Å². The number of benzene rings is 1. The molecule has 2 N–H and O–H groups in total. The molecule has 1 aliphatic rings. The molecular formula is C15H18FN3O. The maximum Gasteiger partial charge on any atom is 0.164 e. The predicted octanol–water partition coefficient (Wildman–Crippen LogP) is 2.33. The van der Waals surface area contributed by atoms with Crippen LogP contribution in [0.1, 0.15) is 24.2 Å². The Balaban J connectivity index is 1.76. The van der Waals surface area contributed by atoms with Crippen molar-refractivity contribution in [2.45, 2.75) is 25.3 Å². The van der Waals surface area contributed by atoms with Crippen molar-refractivity contribution in [3.8, 4) is 0 Å². The van der Waals surface area contributed by atoms with Crippen LogP contribution in [0.2, 0.25) is 0 Å². The first-order valence-corrected chi connectivity index (χ1v) is 6.91. The Bertz CT molecular complexity index is 576. The Morgan fingerprint density at radius 3 is 2.90 bits per heavy atom. The number of anilines is 1. The maximum atomic E-state index is 13.2. The first-order valence-electron chi connectivity index (χ1n) is 6.91. The summed E-state index contributed by atoms with van der Waals surface area (Å²) >= 11 is 0. The van der Waals surface area contributed by atoms with E-state index in [0.717, 1.165) is 42.9 Å². The normalized spacial score (nSPS) is 16.6. The summed E-state index contributed by atoms with van der Waals surface area (Å²) in [5.74, 6) is 0.554. The van der Waals surface area contributed by atoms with Crippen molar-refractivity contribution in [2.75, 3.05) is 18.0 Å². The molecule has 1 aliphatic heterocycles. The number of nitrogens with two attached hydrogens (primary N) is 1. The van der Waals surface area contributed by atoms with Gasteiger partial charge in [0, 0.05) is 25.6 Å². The lowest BCUT2D eigenvalue weighted by atomic mass is 10.0. The molecule has 1 aromatic carbocycles. The quantitative estimate of drug-likeness (QED) is 0.934. The van der Waals surface area contributed by atoms with Crippen LogP contribution in [-0.2, 0) is 6.42 Å². The van der Waals surface area contributed by atoms with E-state index in [1.54, 1.807) is 12.3 Å². The van der Waals surface area contributed by atoms with Crippen molar-refractivity contribution in [2.24, 2.45) is 5.73 Å². The summed E-state index contributed by atoms with van der Waals surface area (Å²) in [6, 6.07) is 6.86. The SMILES string of the molecule is NC1CCN(c2cnoc2Cc2cccc(F)c2)CC1. The van der Waals surface area contributed by atoms with Gasteiger partial charge in [0.2, 0.25) is 0 Å². The van der Waals surface area contributed by atoms with Gasteiger partial charge in [-0.2, -0.15) is 0 Å². The van der Waals surface area contributed by atoms with Gasteiger partial charge in [0.25, 0.3) is 0 Å². The van der Waals surface area contributed by atoms with E-state index in [1.807, 2.05) is 6.07 Å². The lowest BCUT2D eigenvalue weighted by Gasteiger charge is -2.31.